The minimum absolute atomic E-state index is 0.220. The fraction of sp³-hybridized carbons (Fsp3) is 0.462. The van der Waals surface area contributed by atoms with Crippen LogP contribution in [0.15, 0.2) is 42.5 Å². The van der Waals surface area contributed by atoms with E-state index in [0.717, 1.165) is 75.3 Å². The van der Waals surface area contributed by atoms with Gasteiger partial charge in [0, 0.05) is 25.4 Å². The lowest BCUT2D eigenvalue weighted by molar-refractivity contribution is -0.122. The second-order valence-electron chi connectivity index (χ2n) is 8.61. The number of carbonyl (C=O) groups excluding carboxylic acids is 1. The second-order valence-corrected chi connectivity index (χ2v) is 8.61. The fourth-order valence-electron chi connectivity index (χ4n) is 4.09. The lowest BCUT2D eigenvalue weighted by Gasteiger charge is -2.13. The van der Waals surface area contributed by atoms with Crippen molar-refractivity contribution in [3.63, 3.8) is 0 Å². The maximum absolute atomic E-state index is 11.8. The van der Waals surface area contributed by atoms with Crippen LogP contribution in [0, 0.1) is 19.8 Å². The van der Waals surface area contributed by atoms with Crippen LogP contribution in [0.3, 0.4) is 0 Å². The maximum atomic E-state index is 11.8. The van der Waals surface area contributed by atoms with E-state index in [1.807, 2.05) is 6.07 Å². The smallest absolute Gasteiger partial charge is 0.223 e. The van der Waals surface area contributed by atoms with Crippen LogP contribution in [0.1, 0.15) is 49.1 Å². The molecule has 5 heteroatoms. The number of imidazole rings is 1. The van der Waals surface area contributed by atoms with E-state index in [-0.39, 0.29) is 11.8 Å². The van der Waals surface area contributed by atoms with E-state index in [9.17, 15) is 4.79 Å². The SMILES string of the molecule is Cc1cccc(C)c1OCCCCn1c(CCCNC(=O)C2CC2)nc2ccccc21. The van der Waals surface area contributed by atoms with Crippen LogP contribution in [0.5, 0.6) is 5.75 Å². The lowest BCUT2D eigenvalue weighted by Crippen LogP contribution is -2.26. The van der Waals surface area contributed by atoms with E-state index in [1.165, 1.54) is 16.6 Å². The number of aromatic nitrogens is 2. The summed E-state index contributed by atoms with van der Waals surface area (Å²) in [5.74, 6) is 2.62. The molecular formula is C26H33N3O2. The zero-order chi connectivity index (χ0) is 21.6. The van der Waals surface area contributed by atoms with Gasteiger partial charge in [0.1, 0.15) is 11.6 Å². The summed E-state index contributed by atoms with van der Waals surface area (Å²) in [7, 11) is 0. The molecule has 0 bridgehead atoms. The number of carbonyl (C=O) groups is 1. The van der Waals surface area contributed by atoms with Gasteiger partial charge in [0.05, 0.1) is 17.6 Å². The number of ether oxygens (including phenoxy) is 1. The van der Waals surface area contributed by atoms with Crippen molar-refractivity contribution in [1.29, 1.82) is 0 Å². The molecule has 4 rings (SSSR count). The van der Waals surface area contributed by atoms with Gasteiger partial charge in [0.15, 0.2) is 0 Å². The first kappa shape index (κ1) is 21.4. The molecule has 0 radical (unpaired) electrons. The third-order valence-corrected chi connectivity index (χ3v) is 5.99. The van der Waals surface area contributed by atoms with Gasteiger partial charge in [0.25, 0.3) is 0 Å². The average molecular weight is 420 g/mol. The summed E-state index contributed by atoms with van der Waals surface area (Å²) in [5, 5.41) is 3.06. The fourth-order valence-corrected chi connectivity index (χ4v) is 4.09. The number of unbranched alkanes of at least 4 members (excludes halogenated alkanes) is 1. The molecule has 0 aliphatic heterocycles. The lowest BCUT2D eigenvalue weighted by atomic mass is 10.1. The van der Waals surface area contributed by atoms with E-state index >= 15 is 0 Å². The van der Waals surface area contributed by atoms with Gasteiger partial charge < -0.3 is 14.6 Å². The molecule has 0 spiro atoms. The Kier molecular flexibility index (Phi) is 6.90. The minimum Gasteiger partial charge on any atom is -0.493 e. The zero-order valence-electron chi connectivity index (χ0n) is 18.7. The van der Waals surface area contributed by atoms with Gasteiger partial charge in [-0.15, -0.1) is 0 Å². The number of aryl methyl sites for hydroxylation is 4. The summed E-state index contributed by atoms with van der Waals surface area (Å²) in [5.41, 5.74) is 4.62. The number of nitrogens with zero attached hydrogens (tertiary/aromatic N) is 2. The molecule has 1 aliphatic carbocycles. The molecule has 0 unspecified atom stereocenters. The molecule has 1 amide bonds. The Balaban J connectivity index is 1.30. The maximum Gasteiger partial charge on any atom is 0.223 e. The zero-order valence-corrected chi connectivity index (χ0v) is 18.7. The van der Waals surface area contributed by atoms with Crippen LogP contribution in [0.2, 0.25) is 0 Å². The van der Waals surface area contributed by atoms with Gasteiger partial charge >= 0.3 is 0 Å². The predicted molar refractivity (Wildman–Crippen MR) is 124 cm³/mol. The average Bonchev–Trinajstić information content (AvgIpc) is 3.56. The van der Waals surface area contributed by atoms with Crippen molar-refractivity contribution in [2.75, 3.05) is 13.2 Å². The predicted octanol–water partition coefficient (Wildman–Crippen LogP) is 4.97. The molecule has 0 atom stereocenters. The number of benzene rings is 2. The first-order valence-corrected chi connectivity index (χ1v) is 11.5. The highest BCUT2D eigenvalue weighted by Crippen LogP contribution is 2.28. The van der Waals surface area contributed by atoms with Crippen molar-refractivity contribution < 1.29 is 9.53 Å². The van der Waals surface area contributed by atoms with Crippen molar-refractivity contribution in [3.05, 3.63) is 59.4 Å². The van der Waals surface area contributed by atoms with Crippen LogP contribution in [0.25, 0.3) is 11.0 Å². The van der Waals surface area contributed by atoms with Crippen molar-refractivity contribution in [1.82, 2.24) is 14.9 Å². The van der Waals surface area contributed by atoms with Gasteiger partial charge in [-0.3, -0.25) is 4.79 Å². The Morgan fingerprint density at radius 2 is 1.84 bits per heavy atom. The Bertz CT molecular complexity index is 1020. The Labute approximate surface area is 184 Å². The quantitative estimate of drug-likeness (QED) is 0.446. The van der Waals surface area contributed by atoms with E-state index in [0.29, 0.717) is 0 Å². The first-order valence-electron chi connectivity index (χ1n) is 11.5. The highest BCUT2D eigenvalue weighted by molar-refractivity contribution is 5.80. The van der Waals surface area contributed by atoms with E-state index in [4.69, 9.17) is 9.72 Å². The molecule has 1 fully saturated rings. The van der Waals surface area contributed by atoms with Gasteiger partial charge in [-0.25, -0.2) is 4.98 Å². The van der Waals surface area contributed by atoms with Crippen molar-refractivity contribution in [3.8, 4) is 5.75 Å². The third kappa shape index (κ3) is 5.46. The highest BCUT2D eigenvalue weighted by atomic mass is 16.5. The number of fused-ring (bicyclic) bond motifs is 1. The van der Waals surface area contributed by atoms with Crippen molar-refractivity contribution in [2.24, 2.45) is 5.92 Å². The molecule has 1 N–H and O–H groups in total. The van der Waals surface area contributed by atoms with Gasteiger partial charge in [-0.1, -0.05) is 30.3 Å². The van der Waals surface area contributed by atoms with E-state index in [2.05, 4.69) is 60.1 Å². The third-order valence-electron chi connectivity index (χ3n) is 5.99. The van der Waals surface area contributed by atoms with Crippen LogP contribution >= 0.6 is 0 Å². The van der Waals surface area contributed by atoms with Crippen LogP contribution in [-0.4, -0.2) is 28.6 Å². The molecule has 0 saturated heterocycles. The number of rotatable bonds is 11. The summed E-state index contributed by atoms with van der Waals surface area (Å²) in [4.78, 5) is 16.7. The molecule has 3 aromatic rings. The summed E-state index contributed by atoms with van der Waals surface area (Å²) in [6.45, 7) is 6.57. The topological polar surface area (TPSA) is 56.1 Å². The Morgan fingerprint density at radius 1 is 1.06 bits per heavy atom. The first-order chi connectivity index (χ1) is 15.1. The molecule has 31 heavy (non-hydrogen) atoms. The monoisotopic (exact) mass is 419 g/mol. The van der Waals surface area contributed by atoms with Gasteiger partial charge in [0.2, 0.25) is 5.91 Å². The van der Waals surface area contributed by atoms with Crippen LogP contribution in [0.4, 0.5) is 0 Å². The van der Waals surface area contributed by atoms with Crippen molar-refractivity contribution >= 4 is 16.9 Å². The van der Waals surface area contributed by atoms with E-state index < -0.39 is 0 Å². The van der Waals surface area contributed by atoms with Crippen molar-refractivity contribution in [2.45, 2.75) is 58.9 Å². The number of amides is 1. The molecule has 164 valence electrons. The number of hydrogen-bond donors (Lipinski definition) is 1. The molecule has 1 heterocycles. The number of nitrogens with one attached hydrogen (secondary N) is 1. The Morgan fingerprint density at radius 3 is 2.61 bits per heavy atom. The molecule has 1 aromatic heterocycles. The largest absolute Gasteiger partial charge is 0.493 e. The molecular weight excluding hydrogens is 386 g/mol. The minimum atomic E-state index is 0.220. The molecule has 2 aromatic carbocycles. The highest BCUT2D eigenvalue weighted by Gasteiger charge is 2.29. The summed E-state index contributed by atoms with van der Waals surface area (Å²) < 4.78 is 8.41. The molecule has 5 nitrogen and oxygen atoms in total. The molecule has 1 saturated carbocycles. The second kappa shape index (κ2) is 9.99. The standard InChI is InChI=1S/C26H33N3O2/c1-19-9-7-10-20(2)25(19)31-18-6-5-17-29-23-12-4-3-11-22(23)28-24(29)13-8-16-27-26(30)21-14-15-21/h3-4,7,9-12,21H,5-6,8,13-18H2,1-2H3,(H,27,30). The Hall–Kier alpha value is -2.82. The van der Waals surface area contributed by atoms with E-state index in [1.54, 1.807) is 0 Å². The van der Waals surface area contributed by atoms with Gasteiger partial charge in [-0.05, 0) is 69.2 Å². The van der Waals surface area contributed by atoms with Crippen LogP contribution < -0.4 is 10.1 Å². The summed E-state index contributed by atoms with van der Waals surface area (Å²) in [6, 6.07) is 14.6. The molecule has 1 aliphatic rings. The van der Waals surface area contributed by atoms with Gasteiger partial charge in [-0.2, -0.15) is 0 Å². The number of hydrogen-bond acceptors (Lipinski definition) is 3. The normalized spacial score (nSPS) is 13.5. The summed E-state index contributed by atoms with van der Waals surface area (Å²) in [6.07, 6.45) is 5.92. The summed E-state index contributed by atoms with van der Waals surface area (Å²) >= 11 is 0. The number of para-hydroxylation sites is 3. The van der Waals surface area contributed by atoms with Crippen LogP contribution in [-0.2, 0) is 17.8 Å².